The molecular formula is C11H13N3O. The number of nitrogens with zero attached hydrogens (tertiary/aromatic N) is 2. The van der Waals surface area contributed by atoms with Gasteiger partial charge in [0, 0.05) is 23.9 Å². The number of hydrogen-bond donors (Lipinski definition) is 1. The van der Waals surface area contributed by atoms with Crippen molar-refractivity contribution < 1.29 is 4.74 Å². The molecule has 1 aliphatic rings. The van der Waals surface area contributed by atoms with E-state index < -0.39 is 0 Å². The average molecular weight is 203 g/mol. The molecule has 4 nitrogen and oxygen atoms in total. The normalized spacial score (nSPS) is 16.8. The fourth-order valence-electron chi connectivity index (χ4n) is 1.38. The predicted octanol–water partition coefficient (Wildman–Crippen LogP) is 1.41. The summed E-state index contributed by atoms with van der Waals surface area (Å²) < 4.78 is 4.96. The Balaban J connectivity index is 2.08. The lowest BCUT2D eigenvalue weighted by atomic mass is 10.1. The summed E-state index contributed by atoms with van der Waals surface area (Å²) in [5.74, 6) is 0.571. The molecule has 1 heterocycles. The van der Waals surface area contributed by atoms with Crippen LogP contribution in [0.25, 0.3) is 0 Å². The largest absolute Gasteiger partial charge is 0.481 e. The van der Waals surface area contributed by atoms with Crippen LogP contribution < -0.4 is 10.1 Å². The first kappa shape index (κ1) is 9.94. The van der Waals surface area contributed by atoms with E-state index in [-0.39, 0.29) is 6.04 Å². The zero-order chi connectivity index (χ0) is 10.7. The molecule has 0 spiro atoms. The Morgan fingerprint density at radius 2 is 2.40 bits per heavy atom. The van der Waals surface area contributed by atoms with Gasteiger partial charge in [0.05, 0.1) is 13.2 Å². The smallest absolute Gasteiger partial charge is 0.212 e. The number of aromatic nitrogens is 1. The summed E-state index contributed by atoms with van der Waals surface area (Å²) in [6, 6.07) is 6.13. The van der Waals surface area contributed by atoms with Gasteiger partial charge in [0.15, 0.2) is 0 Å². The van der Waals surface area contributed by atoms with Crippen LogP contribution in [0, 0.1) is 11.3 Å². The molecule has 0 amide bonds. The monoisotopic (exact) mass is 203 g/mol. The lowest BCUT2D eigenvalue weighted by Crippen LogP contribution is -2.22. The Bertz CT molecular complexity index is 364. The van der Waals surface area contributed by atoms with Gasteiger partial charge < -0.3 is 4.74 Å². The first-order valence-corrected chi connectivity index (χ1v) is 4.99. The Hall–Kier alpha value is -1.60. The second-order valence-corrected chi connectivity index (χ2v) is 3.64. The molecule has 78 valence electrons. The van der Waals surface area contributed by atoms with Crippen LogP contribution in [0.15, 0.2) is 18.3 Å². The fourth-order valence-corrected chi connectivity index (χ4v) is 1.38. The number of nitriles is 1. The van der Waals surface area contributed by atoms with Crippen LogP contribution in [0.3, 0.4) is 0 Å². The molecule has 1 fully saturated rings. The first-order chi connectivity index (χ1) is 7.33. The van der Waals surface area contributed by atoms with Gasteiger partial charge in [-0.25, -0.2) is 4.98 Å². The van der Waals surface area contributed by atoms with Gasteiger partial charge >= 0.3 is 0 Å². The van der Waals surface area contributed by atoms with Crippen molar-refractivity contribution in [3.05, 3.63) is 23.9 Å². The van der Waals surface area contributed by atoms with Gasteiger partial charge in [0.1, 0.15) is 6.04 Å². The van der Waals surface area contributed by atoms with E-state index in [1.807, 2.05) is 6.07 Å². The number of nitrogens with one attached hydrogen (secondary N) is 1. The Labute approximate surface area is 88.9 Å². The van der Waals surface area contributed by atoms with Crippen LogP contribution in [0.4, 0.5) is 0 Å². The molecular weight excluding hydrogens is 190 g/mol. The molecule has 0 aromatic carbocycles. The highest BCUT2D eigenvalue weighted by Crippen LogP contribution is 2.24. The SMILES string of the molecule is COc1ccc(C(C#N)NC2CC2)cn1. The molecule has 1 N–H and O–H groups in total. The van der Waals surface area contributed by atoms with Crippen molar-refractivity contribution in [1.29, 1.82) is 5.26 Å². The van der Waals surface area contributed by atoms with Gasteiger partial charge in [-0.05, 0) is 18.9 Å². The number of ether oxygens (including phenoxy) is 1. The Morgan fingerprint density at radius 1 is 1.60 bits per heavy atom. The molecule has 1 atom stereocenters. The highest BCUT2D eigenvalue weighted by molar-refractivity contribution is 5.25. The first-order valence-electron chi connectivity index (χ1n) is 4.99. The van der Waals surface area contributed by atoms with E-state index in [1.54, 1.807) is 19.4 Å². The minimum absolute atomic E-state index is 0.254. The molecule has 2 rings (SSSR count). The van der Waals surface area contributed by atoms with E-state index in [2.05, 4.69) is 16.4 Å². The molecule has 1 aromatic rings. The lowest BCUT2D eigenvalue weighted by molar-refractivity contribution is 0.397. The van der Waals surface area contributed by atoms with Gasteiger partial charge in [0.2, 0.25) is 5.88 Å². The summed E-state index contributed by atoms with van der Waals surface area (Å²) in [5.41, 5.74) is 0.894. The molecule has 0 bridgehead atoms. The summed E-state index contributed by atoms with van der Waals surface area (Å²) in [6.45, 7) is 0. The van der Waals surface area contributed by atoms with E-state index in [0.29, 0.717) is 11.9 Å². The Morgan fingerprint density at radius 3 is 2.87 bits per heavy atom. The van der Waals surface area contributed by atoms with Crippen molar-refractivity contribution in [3.8, 4) is 11.9 Å². The van der Waals surface area contributed by atoms with Crippen LogP contribution in [-0.4, -0.2) is 18.1 Å². The summed E-state index contributed by atoms with van der Waals surface area (Å²) in [7, 11) is 1.58. The molecule has 1 aromatic heterocycles. The summed E-state index contributed by atoms with van der Waals surface area (Å²) >= 11 is 0. The highest BCUT2D eigenvalue weighted by Gasteiger charge is 2.25. The van der Waals surface area contributed by atoms with E-state index in [1.165, 1.54) is 12.8 Å². The van der Waals surface area contributed by atoms with E-state index in [4.69, 9.17) is 10.00 Å². The summed E-state index contributed by atoms with van der Waals surface area (Å²) in [5, 5.41) is 12.3. The van der Waals surface area contributed by atoms with Crippen molar-refractivity contribution in [1.82, 2.24) is 10.3 Å². The topological polar surface area (TPSA) is 57.9 Å². The molecule has 1 saturated carbocycles. The van der Waals surface area contributed by atoms with Gasteiger partial charge in [-0.2, -0.15) is 5.26 Å². The number of hydrogen-bond acceptors (Lipinski definition) is 4. The maximum Gasteiger partial charge on any atom is 0.212 e. The van der Waals surface area contributed by atoms with Crippen LogP contribution in [0.1, 0.15) is 24.4 Å². The van der Waals surface area contributed by atoms with Crippen LogP contribution >= 0.6 is 0 Å². The van der Waals surface area contributed by atoms with E-state index in [9.17, 15) is 0 Å². The van der Waals surface area contributed by atoms with Crippen LogP contribution in [0.2, 0.25) is 0 Å². The molecule has 1 unspecified atom stereocenters. The number of pyridine rings is 1. The standard InChI is InChI=1S/C11H13N3O/c1-15-11-5-2-8(7-13-11)10(6-12)14-9-3-4-9/h2,5,7,9-10,14H,3-4H2,1H3. The van der Waals surface area contributed by atoms with Gasteiger partial charge in [-0.15, -0.1) is 0 Å². The second kappa shape index (κ2) is 4.28. The average Bonchev–Trinajstić information content (AvgIpc) is 3.10. The maximum atomic E-state index is 9.01. The van der Waals surface area contributed by atoms with Gasteiger partial charge in [0.25, 0.3) is 0 Å². The minimum atomic E-state index is -0.254. The molecule has 15 heavy (non-hydrogen) atoms. The number of methoxy groups -OCH3 is 1. The van der Waals surface area contributed by atoms with Crippen molar-refractivity contribution in [2.24, 2.45) is 0 Å². The summed E-state index contributed by atoms with van der Waals surface area (Å²) in [6.07, 6.45) is 4.02. The molecule has 0 saturated heterocycles. The van der Waals surface area contributed by atoms with Crippen LogP contribution in [-0.2, 0) is 0 Å². The number of rotatable bonds is 4. The molecule has 4 heteroatoms. The Kier molecular flexibility index (Phi) is 2.84. The van der Waals surface area contributed by atoms with Gasteiger partial charge in [-0.1, -0.05) is 0 Å². The molecule has 0 radical (unpaired) electrons. The fraction of sp³-hybridized carbons (Fsp3) is 0.455. The van der Waals surface area contributed by atoms with Gasteiger partial charge in [-0.3, -0.25) is 5.32 Å². The predicted molar refractivity (Wildman–Crippen MR) is 55.3 cm³/mol. The maximum absolute atomic E-state index is 9.01. The van der Waals surface area contributed by atoms with Crippen LogP contribution in [0.5, 0.6) is 5.88 Å². The van der Waals surface area contributed by atoms with Crippen molar-refractivity contribution >= 4 is 0 Å². The quantitative estimate of drug-likeness (QED) is 0.803. The zero-order valence-electron chi connectivity index (χ0n) is 8.60. The van der Waals surface area contributed by atoms with Crippen molar-refractivity contribution in [2.45, 2.75) is 24.9 Å². The third-order valence-corrected chi connectivity index (χ3v) is 2.41. The highest BCUT2D eigenvalue weighted by atomic mass is 16.5. The molecule has 0 aliphatic heterocycles. The zero-order valence-corrected chi connectivity index (χ0v) is 8.60. The van der Waals surface area contributed by atoms with Crippen molar-refractivity contribution in [3.63, 3.8) is 0 Å². The third kappa shape index (κ3) is 2.45. The van der Waals surface area contributed by atoms with Crippen molar-refractivity contribution in [2.75, 3.05) is 7.11 Å². The van der Waals surface area contributed by atoms with E-state index in [0.717, 1.165) is 5.56 Å². The minimum Gasteiger partial charge on any atom is -0.481 e. The summed E-state index contributed by atoms with van der Waals surface area (Å²) in [4.78, 5) is 4.08. The second-order valence-electron chi connectivity index (χ2n) is 3.64. The van der Waals surface area contributed by atoms with E-state index >= 15 is 0 Å². The lowest BCUT2D eigenvalue weighted by Gasteiger charge is -2.10. The molecule has 1 aliphatic carbocycles. The third-order valence-electron chi connectivity index (χ3n) is 2.41.